The first-order chi connectivity index (χ1) is 19.9. The van der Waals surface area contributed by atoms with Gasteiger partial charge in [-0.3, -0.25) is 13.9 Å². The van der Waals surface area contributed by atoms with Crippen LogP contribution >= 0.6 is 23.2 Å². The summed E-state index contributed by atoms with van der Waals surface area (Å²) in [5, 5.41) is 3.70. The Morgan fingerprint density at radius 2 is 1.55 bits per heavy atom. The smallest absolute Gasteiger partial charge is 0.243 e. The number of nitrogens with zero attached hydrogens (tertiary/aromatic N) is 2. The van der Waals surface area contributed by atoms with E-state index < -0.39 is 16.1 Å². The Labute approximate surface area is 258 Å². The minimum Gasteiger partial charge on any atom is -0.495 e. The van der Waals surface area contributed by atoms with Gasteiger partial charge in [0.25, 0.3) is 0 Å². The second kappa shape index (κ2) is 15.3. The number of amides is 2. The van der Waals surface area contributed by atoms with E-state index in [1.807, 2.05) is 44.2 Å². The first-order valence-corrected chi connectivity index (χ1v) is 16.2. The molecular formula is C31H37Cl2N3O5S. The van der Waals surface area contributed by atoms with E-state index in [1.165, 1.54) is 16.3 Å². The molecule has 0 radical (unpaired) electrons. The average molecular weight is 635 g/mol. The van der Waals surface area contributed by atoms with Crippen LogP contribution < -0.4 is 14.4 Å². The van der Waals surface area contributed by atoms with E-state index in [1.54, 1.807) is 42.5 Å². The number of rotatable bonds is 14. The van der Waals surface area contributed by atoms with Crippen molar-refractivity contribution in [1.29, 1.82) is 0 Å². The van der Waals surface area contributed by atoms with E-state index in [0.29, 0.717) is 27.0 Å². The molecule has 0 fully saturated rings. The molecule has 0 aliphatic rings. The number of benzene rings is 3. The highest BCUT2D eigenvalue weighted by Crippen LogP contribution is 2.30. The molecule has 3 rings (SSSR count). The number of ether oxygens (including phenoxy) is 1. The van der Waals surface area contributed by atoms with Crippen molar-refractivity contribution >= 4 is 50.7 Å². The monoisotopic (exact) mass is 633 g/mol. The second-order valence-electron chi connectivity index (χ2n) is 10.2. The molecule has 11 heteroatoms. The minimum absolute atomic E-state index is 0.00263. The summed E-state index contributed by atoms with van der Waals surface area (Å²) in [5.74, 6) is -0.242. The predicted molar refractivity (Wildman–Crippen MR) is 169 cm³/mol. The van der Waals surface area contributed by atoms with Crippen molar-refractivity contribution in [1.82, 2.24) is 10.2 Å². The topological polar surface area (TPSA) is 96.0 Å². The lowest BCUT2D eigenvalue weighted by molar-refractivity contribution is -0.141. The van der Waals surface area contributed by atoms with Crippen molar-refractivity contribution in [2.45, 2.75) is 51.7 Å². The fourth-order valence-corrected chi connectivity index (χ4v) is 6.09. The molecule has 3 aromatic rings. The van der Waals surface area contributed by atoms with Gasteiger partial charge in [0.2, 0.25) is 21.8 Å². The molecule has 0 saturated carbocycles. The molecule has 42 heavy (non-hydrogen) atoms. The van der Waals surface area contributed by atoms with Crippen LogP contribution in [0.3, 0.4) is 0 Å². The third-order valence-electron chi connectivity index (χ3n) is 6.60. The highest BCUT2D eigenvalue weighted by Gasteiger charge is 2.32. The zero-order valence-corrected chi connectivity index (χ0v) is 26.5. The Hall–Kier alpha value is -3.27. The quantitative estimate of drug-likeness (QED) is 0.245. The summed E-state index contributed by atoms with van der Waals surface area (Å²) in [7, 11) is -2.22. The van der Waals surface area contributed by atoms with Gasteiger partial charge in [0.1, 0.15) is 11.8 Å². The van der Waals surface area contributed by atoms with Crippen molar-refractivity contribution in [3.05, 3.63) is 94.0 Å². The summed E-state index contributed by atoms with van der Waals surface area (Å²) in [6, 6.07) is 20.3. The molecule has 3 aromatic carbocycles. The average Bonchev–Trinajstić information content (AvgIpc) is 2.93. The van der Waals surface area contributed by atoms with Gasteiger partial charge in [-0.15, -0.1) is 0 Å². The molecule has 1 atom stereocenters. The van der Waals surface area contributed by atoms with Crippen molar-refractivity contribution in [3.63, 3.8) is 0 Å². The van der Waals surface area contributed by atoms with E-state index in [-0.39, 0.29) is 50.2 Å². The predicted octanol–water partition coefficient (Wildman–Crippen LogP) is 5.71. The Bertz CT molecular complexity index is 1450. The normalized spacial score (nSPS) is 12.1. The fourth-order valence-electron chi connectivity index (χ4n) is 4.61. The molecule has 0 bridgehead atoms. The first-order valence-electron chi connectivity index (χ1n) is 13.6. The summed E-state index contributed by atoms with van der Waals surface area (Å²) in [6.07, 6.45) is 1.55. The van der Waals surface area contributed by atoms with Gasteiger partial charge in [-0.25, -0.2) is 8.42 Å². The lowest BCUT2D eigenvalue weighted by Crippen LogP contribution is -2.52. The van der Waals surface area contributed by atoms with Crippen LogP contribution in [0.25, 0.3) is 0 Å². The molecule has 0 aliphatic heterocycles. The number of para-hydroxylation sites is 2. The SMILES string of the molecule is COc1ccccc1N(CCCC(=O)N(Cc1c(Cl)cccc1Cl)C(Cc1ccccc1)C(=O)NC(C)C)S(C)(=O)=O. The molecule has 0 aromatic heterocycles. The zero-order valence-electron chi connectivity index (χ0n) is 24.2. The number of nitrogens with one attached hydrogen (secondary N) is 1. The van der Waals surface area contributed by atoms with Gasteiger partial charge >= 0.3 is 0 Å². The lowest BCUT2D eigenvalue weighted by Gasteiger charge is -2.33. The van der Waals surface area contributed by atoms with Crippen LogP contribution in [0.15, 0.2) is 72.8 Å². The molecule has 0 spiro atoms. The van der Waals surface area contributed by atoms with Gasteiger partial charge in [-0.1, -0.05) is 71.7 Å². The molecular weight excluding hydrogens is 597 g/mol. The third-order valence-corrected chi connectivity index (χ3v) is 8.49. The summed E-state index contributed by atoms with van der Waals surface area (Å²) in [4.78, 5) is 29.0. The maximum absolute atomic E-state index is 13.9. The molecule has 8 nitrogen and oxygen atoms in total. The number of hydrogen-bond acceptors (Lipinski definition) is 5. The van der Waals surface area contributed by atoms with Crippen LogP contribution in [-0.4, -0.2) is 57.1 Å². The van der Waals surface area contributed by atoms with Crippen LogP contribution in [0, 0.1) is 0 Å². The number of carbonyl (C=O) groups is 2. The van der Waals surface area contributed by atoms with Gasteiger partial charge in [0.15, 0.2) is 0 Å². The van der Waals surface area contributed by atoms with Gasteiger partial charge in [0.05, 0.1) is 19.1 Å². The number of methoxy groups -OCH3 is 1. The Morgan fingerprint density at radius 3 is 2.14 bits per heavy atom. The molecule has 1 unspecified atom stereocenters. The van der Waals surface area contributed by atoms with Crippen LogP contribution in [-0.2, 0) is 32.6 Å². The Morgan fingerprint density at radius 1 is 0.929 bits per heavy atom. The van der Waals surface area contributed by atoms with E-state index in [4.69, 9.17) is 27.9 Å². The lowest BCUT2D eigenvalue weighted by atomic mass is 10.0. The number of halogens is 2. The second-order valence-corrected chi connectivity index (χ2v) is 12.9. The fraction of sp³-hybridized carbons (Fsp3) is 0.355. The van der Waals surface area contributed by atoms with Gasteiger partial charge < -0.3 is 15.0 Å². The largest absolute Gasteiger partial charge is 0.495 e. The Kier molecular flexibility index (Phi) is 12.1. The number of sulfonamides is 1. The van der Waals surface area contributed by atoms with E-state index >= 15 is 0 Å². The summed E-state index contributed by atoms with van der Waals surface area (Å²) < 4.78 is 32.0. The van der Waals surface area contributed by atoms with Crippen LogP contribution in [0.2, 0.25) is 10.0 Å². The first kappa shape index (κ1) is 33.2. The highest BCUT2D eigenvalue weighted by atomic mass is 35.5. The molecule has 0 heterocycles. The third kappa shape index (κ3) is 9.11. The molecule has 226 valence electrons. The minimum atomic E-state index is -3.68. The van der Waals surface area contributed by atoms with Crippen molar-refractivity contribution in [2.75, 3.05) is 24.2 Å². The van der Waals surface area contributed by atoms with E-state index in [9.17, 15) is 18.0 Å². The summed E-state index contributed by atoms with van der Waals surface area (Å²) in [6.45, 7) is 3.74. The van der Waals surface area contributed by atoms with Crippen LogP contribution in [0.5, 0.6) is 5.75 Å². The number of hydrogen-bond donors (Lipinski definition) is 1. The van der Waals surface area contributed by atoms with Crippen LogP contribution in [0.4, 0.5) is 5.69 Å². The molecule has 0 aliphatic carbocycles. The van der Waals surface area contributed by atoms with Gasteiger partial charge in [-0.05, 0) is 50.1 Å². The van der Waals surface area contributed by atoms with Gasteiger partial charge in [-0.2, -0.15) is 0 Å². The molecule has 2 amide bonds. The standard InChI is InChI=1S/C31H37Cl2N3O5S/c1-22(2)34-31(38)28(20-23-12-6-5-7-13-23)35(21-24-25(32)14-10-15-26(24)33)30(37)18-11-19-36(42(4,39)40)27-16-8-9-17-29(27)41-3/h5-10,12-17,22,28H,11,18-21H2,1-4H3,(H,34,38). The number of anilines is 1. The summed E-state index contributed by atoms with van der Waals surface area (Å²) in [5.41, 5.74) is 1.79. The van der Waals surface area contributed by atoms with Crippen molar-refractivity contribution in [2.24, 2.45) is 0 Å². The van der Waals surface area contributed by atoms with E-state index in [2.05, 4.69) is 5.32 Å². The Balaban J connectivity index is 1.94. The maximum atomic E-state index is 13.9. The zero-order chi connectivity index (χ0) is 30.9. The van der Waals surface area contributed by atoms with Crippen molar-refractivity contribution < 1.29 is 22.7 Å². The van der Waals surface area contributed by atoms with Gasteiger partial charge in [0, 0.05) is 47.6 Å². The van der Waals surface area contributed by atoms with Crippen molar-refractivity contribution in [3.8, 4) is 5.75 Å². The molecule has 0 saturated heterocycles. The van der Waals surface area contributed by atoms with Crippen LogP contribution in [0.1, 0.15) is 37.8 Å². The summed E-state index contributed by atoms with van der Waals surface area (Å²) >= 11 is 13.0. The van der Waals surface area contributed by atoms with E-state index in [0.717, 1.165) is 11.8 Å². The highest BCUT2D eigenvalue weighted by molar-refractivity contribution is 7.92. The molecule has 1 N–H and O–H groups in total. The maximum Gasteiger partial charge on any atom is 0.243 e. The number of carbonyl (C=O) groups excluding carboxylic acids is 2.